The van der Waals surface area contributed by atoms with E-state index in [4.69, 9.17) is 4.42 Å². The number of nitrogens with zero attached hydrogens (tertiary/aromatic N) is 2. The molecular formula is C12H15N3O. The van der Waals surface area contributed by atoms with Crippen LogP contribution in [-0.2, 0) is 13.0 Å². The summed E-state index contributed by atoms with van der Waals surface area (Å²) in [5.41, 5.74) is 1.30. The monoisotopic (exact) mass is 217 g/mol. The summed E-state index contributed by atoms with van der Waals surface area (Å²) < 4.78 is 7.72. The van der Waals surface area contributed by atoms with Gasteiger partial charge in [-0.2, -0.15) is 0 Å². The molecule has 4 nitrogen and oxygen atoms in total. The van der Waals surface area contributed by atoms with Crippen molar-refractivity contribution in [3.63, 3.8) is 0 Å². The fourth-order valence-corrected chi connectivity index (χ4v) is 2.31. The molecule has 4 heteroatoms. The summed E-state index contributed by atoms with van der Waals surface area (Å²) in [4.78, 5) is 4.43. The minimum absolute atomic E-state index is 0.105. The molecule has 2 aromatic heterocycles. The Hall–Kier alpha value is -1.55. The van der Waals surface area contributed by atoms with E-state index in [0.29, 0.717) is 0 Å². The zero-order chi connectivity index (χ0) is 11.0. The molecule has 1 N–H and O–H groups in total. The maximum atomic E-state index is 5.58. The topological polar surface area (TPSA) is 43.0 Å². The lowest BCUT2D eigenvalue weighted by Gasteiger charge is -2.22. The van der Waals surface area contributed by atoms with E-state index < -0.39 is 0 Å². The van der Waals surface area contributed by atoms with Crippen LogP contribution in [0.25, 0.3) is 0 Å². The Morgan fingerprint density at radius 3 is 3.44 bits per heavy atom. The van der Waals surface area contributed by atoms with Gasteiger partial charge in [0.15, 0.2) is 0 Å². The fraction of sp³-hybridized carbons (Fsp3) is 0.417. The smallest absolute Gasteiger partial charge is 0.133 e. The zero-order valence-electron chi connectivity index (χ0n) is 9.31. The van der Waals surface area contributed by atoms with Crippen LogP contribution in [-0.4, -0.2) is 16.1 Å². The molecule has 3 heterocycles. The van der Waals surface area contributed by atoms with Crippen LogP contribution in [0.5, 0.6) is 0 Å². The molecule has 2 aromatic rings. The molecule has 0 spiro atoms. The molecule has 1 aliphatic rings. The van der Waals surface area contributed by atoms with Gasteiger partial charge in [0.2, 0.25) is 0 Å². The molecular weight excluding hydrogens is 202 g/mol. The molecule has 84 valence electrons. The lowest BCUT2D eigenvalue weighted by molar-refractivity contribution is 0.406. The fourth-order valence-electron chi connectivity index (χ4n) is 2.31. The van der Waals surface area contributed by atoms with Crippen molar-refractivity contribution in [2.45, 2.75) is 25.9 Å². The first-order valence-electron chi connectivity index (χ1n) is 5.71. The van der Waals surface area contributed by atoms with E-state index >= 15 is 0 Å². The highest BCUT2D eigenvalue weighted by molar-refractivity contribution is 5.28. The molecule has 16 heavy (non-hydrogen) atoms. The second kappa shape index (κ2) is 3.79. The average molecular weight is 217 g/mol. The predicted molar refractivity (Wildman–Crippen MR) is 60.2 cm³/mol. The van der Waals surface area contributed by atoms with Gasteiger partial charge in [0.1, 0.15) is 17.6 Å². The van der Waals surface area contributed by atoms with Crippen LogP contribution in [0.1, 0.15) is 30.1 Å². The van der Waals surface area contributed by atoms with Crippen LogP contribution in [0.2, 0.25) is 0 Å². The van der Waals surface area contributed by atoms with Gasteiger partial charge in [-0.3, -0.25) is 0 Å². The summed E-state index contributed by atoms with van der Waals surface area (Å²) in [6.07, 6.45) is 6.66. The highest BCUT2D eigenvalue weighted by Crippen LogP contribution is 2.28. The third-order valence-electron chi connectivity index (χ3n) is 3.13. The van der Waals surface area contributed by atoms with Crippen molar-refractivity contribution in [3.05, 3.63) is 41.9 Å². The quantitative estimate of drug-likeness (QED) is 0.833. The minimum atomic E-state index is 0.105. The van der Waals surface area contributed by atoms with E-state index in [9.17, 15) is 0 Å². The van der Waals surface area contributed by atoms with Crippen LogP contribution in [0.4, 0.5) is 0 Å². The van der Waals surface area contributed by atoms with Crippen molar-refractivity contribution in [1.29, 1.82) is 0 Å². The summed E-state index contributed by atoms with van der Waals surface area (Å²) in [7, 11) is 0. The molecule has 0 amide bonds. The first-order valence-corrected chi connectivity index (χ1v) is 5.71. The average Bonchev–Trinajstić information content (AvgIpc) is 2.96. The van der Waals surface area contributed by atoms with Crippen molar-refractivity contribution < 1.29 is 4.42 Å². The molecule has 0 saturated heterocycles. The van der Waals surface area contributed by atoms with Gasteiger partial charge in [0, 0.05) is 25.5 Å². The lowest BCUT2D eigenvalue weighted by atomic mass is 10.0. The zero-order valence-corrected chi connectivity index (χ0v) is 9.31. The van der Waals surface area contributed by atoms with E-state index in [1.165, 1.54) is 5.56 Å². The highest BCUT2D eigenvalue weighted by atomic mass is 16.3. The van der Waals surface area contributed by atoms with Gasteiger partial charge in [0.05, 0.1) is 6.26 Å². The van der Waals surface area contributed by atoms with E-state index in [1.807, 2.05) is 12.4 Å². The second-order valence-corrected chi connectivity index (χ2v) is 4.02. The van der Waals surface area contributed by atoms with E-state index in [2.05, 4.69) is 27.9 Å². The summed E-state index contributed by atoms with van der Waals surface area (Å²) in [5.74, 6) is 2.06. The van der Waals surface area contributed by atoms with Crippen molar-refractivity contribution in [3.8, 4) is 0 Å². The Morgan fingerprint density at radius 1 is 1.62 bits per heavy atom. The number of hydrogen-bond acceptors (Lipinski definition) is 3. The number of aryl methyl sites for hydroxylation is 1. The van der Waals surface area contributed by atoms with E-state index in [0.717, 1.165) is 31.1 Å². The van der Waals surface area contributed by atoms with Gasteiger partial charge in [-0.25, -0.2) is 4.98 Å². The SMILES string of the molecule is CCn1ccnc1C1NCCc2ccoc21. The first-order chi connectivity index (χ1) is 7.90. The Balaban J connectivity index is 2.04. The van der Waals surface area contributed by atoms with Gasteiger partial charge in [-0.15, -0.1) is 0 Å². The van der Waals surface area contributed by atoms with Crippen LogP contribution in [0.3, 0.4) is 0 Å². The maximum absolute atomic E-state index is 5.58. The molecule has 0 saturated carbocycles. The normalized spacial score (nSPS) is 19.7. The largest absolute Gasteiger partial charge is 0.467 e. The van der Waals surface area contributed by atoms with Crippen molar-refractivity contribution in [1.82, 2.24) is 14.9 Å². The Labute approximate surface area is 94.3 Å². The number of fused-ring (bicyclic) bond motifs is 1. The van der Waals surface area contributed by atoms with E-state index in [-0.39, 0.29) is 6.04 Å². The summed E-state index contributed by atoms with van der Waals surface area (Å²) >= 11 is 0. The number of rotatable bonds is 2. The van der Waals surface area contributed by atoms with Gasteiger partial charge in [0.25, 0.3) is 0 Å². The van der Waals surface area contributed by atoms with Crippen LogP contribution >= 0.6 is 0 Å². The maximum Gasteiger partial charge on any atom is 0.133 e. The Kier molecular flexibility index (Phi) is 2.29. The van der Waals surface area contributed by atoms with E-state index in [1.54, 1.807) is 6.26 Å². The molecule has 0 aliphatic carbocycles. The molecule has 1 atom stereocenters. The van der Waals surface area contributed by atoms with Crippen LogP contribution < -0.4 is 5.32 Å². The van der Waals surface area contributed by atoms with Crippen molar-refractivity contribution in [2.24, 2.45) is 0 Å². The highest BCUT2D eigenvalue weighted by Gasteiger charge is 2.27. The number of imidazole rings is 1. The molecule has 1 aliphatic heterocycles. The summed E-state index contributed by atoms with van der Waals surface area (Å²) in [6, 6.07) is 2.16. The molecule has 0 fully saturated rings. The van der Waals surface area contributed by atoms with Crippen LogP contribution in [0.15, 0.2) is 29.1 Å². The third-order valence-corrected chi connectivity index (χ3v) is 3.13. The number of furan rings is 1. The number of aromatic nitrogens is 2. The molecule has 0 bridgehead atoms. The predicted octanol–water partition coefficient (Wildman–Crippen LogP) is 1.73. The van der Waals surface area contributed by atoms with Gasteiger partial charge < -0.3 is 14.3 Å². The molecule has 0 aromatic carbocycles. The Bertz CT molecular complexity index is 486. The summed E-state index contributed by atoms with van der Waals surface area (Å²) in [5, 5.41) is 3.46. The van der Waals surface area contributed by atoms with Gasteiger partial charge in [-0.05, 0) is 25.0 Å². The molecule has 1 unspecified atom stereocenters. The standard InChI is InChI=1S/C12H15N3O/c1-2-15-7-6-14-12(15)10-11-9(3-5-13-10)4-8-16-11/h4,6-8,10,13H,2-3,5H2,1H3. The van der Waals surface area contributed by atoms with Crippen LogP contribution in [0, 0.1) is 0 Å². The Morgan fingerprint density at radius 2 is 2.56 bits per heavy atom. The third kappa shape index (κ3) is 1.38. The van der Waals surface area contributed by atoms with Crippen molar-refractivity contribution in [2.75, 3.05) is 6.54 Å². The van der Waals surface area contributed by atoms with Gasteiger partial charge in [-0.1, -0.05) is 0 Å². The lowest BCUT2D eigenvalue weighted by Crippen LogP contribution is -2.31. The first kappa shape index (κ1) is 9.66. The second-order valence-electron chi connectivity index (χ2n) is 4.02. The van der Waals surface area contributed by atoms with Crippen molar-refractivity contribution >= 4 is 0 Å². The number of hydrogen-bond donors (Lipinski definition) is 1. The molecule has 0 radical (unpaired) electrons. The number of nitrogens with one attached hydrogen (secondary N) is 1. The molecule has 3 rings (SSSR count). The van der Waals surface area contributed by atoms with Gasteiger partial charge >= 0.3 is 0 Å². The summed E-state index contributed by atoms with van der Waals surface area (Å²) in [6.45, 7) is 4.04. The minimum Gasteiger partial charge on any atom is -0.467 e.